The van der Waals surface area contributed by atoms with E-state index in [2.05, 4.69) is 15.5 Å². The van der Waals surface area contributed by atoms with E-state index in [1.807, 2.05) is 41.7 Å². The third-order valence-electron chi connectivity index (χ3n) is 6.84. The number of nitrogens with one attached hydrogen (secondary N) is 3. The van der Waals surface area contributed by atoms with Gasteiger partial charge in [-0.05, 0) is 60.8 Å². The molecule has 41 heavy (non-hydrogen) atoms. The van der Waals surface area contributed by atoms with Crippen molar-refractivity contribution in [1.82, 2.24) is 4.90 Å². The second-order valence-corrected chi connectivity index (χ2v) is 10.2. The molecule has 0 aliphatic carbocycles. The molecule has 0 atom stereocenters. The summed E-state index contributed by atoms with van der Waals surface area (Å²) < 4.78 is 80.0. The van der Waals surface area contributed by atoms with Crippen LogP contribution in [-0.4, -0.2) is 40.9 Å². The number of nitrogens with zero attached hydrogens (tertiary/aromatic N) is 1. The maximum atomic E-state index is 14.0. The van der Waals surface area contributed by atoms with E-state index in [9.17, 15) is 22.0 Å². The van der Waals surface area contributed by atoms with Crippen LogP contribution in [0.15, 0.2) is 48.5 Å². The number of thiocarbonyl (C=S) groups is 2. The highest BCUT2D eigenvalue weighted by Crippen LogP contribution is 2.38. The predicted octanol–water partition coefficient (Wildman–Crippen LogP) is 6.84. The number of anilines is 3. The summed E-state index contributed by atoms with van der Waals surface area (Å²) in [5, 5.41) is 8.20. The molecule has 3 N–H and O–H groups in total. The minimum Gasteiger partial charge on any atom is -0.495 e. The van der Waals surface area contributed by atoms with Crippen LogP contribution in [0.1, 0.15) is 18.4 Å². The first-order valence-electron chi connectivity index (χ1n) is 12.4. The number of rotatable bonds is 4. The average Bonchev–Trinajstić information content (AvgIpc) is 2.98. The monoisotopic (exact) mass is 606 g/mol. The van der Waals surface area contributed by atoms with Crippen molar-refractivity contribution in [2.24, 2.45) is 0 Å². The van der Waals surface area contributed by atoms with Gasteiger partial charge in [0.1, 0.15) is 22.8 Å². The van der Waals surface area contributed by atoms with Crippen LogP contribution in [-0.2, 0) is 0 Å². The van der Waals surface area contributed by atoms with E-state index >= 15 is 0 Å². The molecular weight excluding hydrogens is 583 g/mol. The lowest BCUT2D eigenvalue weighted by Gasteiger charge is -2.42. The number of halogens is 5. The smallest absolute Gasteiger partial charge is 0.200 e. The van der Waals surface area contributed by atoms with E-state index in [1.165, 1.54) is 0 Å². The number of methoxy groups -OCH3 is 1. The summed E-state index contributed by atoms with van der Waals surface area (Å²) in [4.78, 5) is 2.07. The van der Waals surface area contributed by atoms with Crippen LogP contribution in [0.4, 0.5) is 39.0 Å². The second-order valence-electron chi connectivity index (χ2n) is 9.39. The maximum Gasteiger partial charge on any atom is 0.200 e. The van der Waals surface area contributed by atoms with E-state index in [-0.39, 0.29) is 5.11 Å². The summed E-state index contributed by atoms with van der Waals surface area (Å²) >= 11 is 10.6. The Bertz CT molecular complexity index is 1530. The van der Waals surface area contributed by atoms with Crippen molar-refractivity contribution in [3.63, 3.8) is 0 Å². The molecule has 3 aromatic carbocycles. The molecule has 0 radical (unpaired) electrons. The Balaban J connectivity index is 1.20. The lowest BCUT2D eigenvalue weighted by molar-refractivity contribution is 0.0594. The number of likely N-dealkylation sites (tertiary alicyclic amines) is 1. The molecule has 0 unspecified atom stereocenters. The Morgan fingerprint density at radius 2 is 1.54 bits per heavy atom. The van der Waals surface area contributed by atoms with Gasteiger partial charge >= 0.3 is 0 Å². The third-order valence-corrected chi connectivity index (χ3v) is 7.41. The number of hydrogen-bond donors (Lipinski definition) is 3. The topological polar surface area (TPSA) is 57.8 Å². The lowest BCUT2D eigenvalue weighted by Crippen LogP contribution is -2.50. The van der Waals surface area contributed by atoms with Gasteiger partial charge in [0.2, 0.25) is 5.82 Å². The van der Waals surface area contributed by atoms with Crippen LogP contribution in [0.3, 0.4) is 0 Å². The molecule has 214 valence electrons. The molecule has 13 heteroatoms. The molecule has 0 aromatic heterocycles. The van der Waals surface area contributed by atoms with E-state index in [4.69, 9.17) is 33.9 Å². The summed E-state index contributed by atoms with van der Waals surface area (Å²) in [6, 6.07) is 12.6. The van der Waals surface area contributed by atoms with Crippen LogP contribution in [0, 0.1) is 29.1 Å². The first kappa shape index (κ1) is 28.6. The third kappa shape index (κ3) is 5.77. The molecule has 1 fully saturated rings. The summed E-state index contributed by atoms with van der Waals surface area (Å²) in [6.45, 7) is 1.33. The molecular formula is C28H23F5N4O2S2. The molecule has 2 heterocycles. The van der Waals surface area contributed by atoms with E-state index in [0.29, 0.717) is 48.2 Å². The number of fused-ring (bicyclic) bond motifs is 1. The zero-order valence-corrected chi connectivity index (χ0v) is 23.1. The van der Waals surface area contributed by atoms with Gasteiger partial charge in [-0.25, -0.2) is 22.0 Å². The fourth-order valence-electron chi connectivity index (χ4n) is 4.63. The molecule has 0 amide bonds. The van der Waals surface area contributed by atoms with Crippen LogP contribution in [0.2, 0.25) is 0 Å². The van der Waals surface area contributed by atoms with Crippen molar-refractivity contribution in [2.75, 3.05) is 36.1 Å². The molecule has 6 nitrogen and oxygen atoms in total. The van der Waals surface area contributed by atoms with Crippen molar-refractivity contribution < 1.29 is 31.4 Å². The molecule has 5 rings (SSSR count). The minimum absolute atomic E-state index is 0.365. The molecule has 2 aliphatic heterocycles. The Labute approximate surface area is 243 Å². The van der Waals surface area contributed by atoms with Crippen LogP contribution in [0.5, 0.6) is 11.5 Å². The molecule has 0 bridgehead atoms. The highest BCUT2D eigenvalue weighted by atomic mass is 32.1. The normalized spacial score (nSPS) is 15.1. The van der Waals surface area contributed by atoms with E-state index in [0.717, 1.165) is 11.3 Å². The number of hydrogen-bond acceptors (Lipinski definition) is 4. The average molecular weight is 607 g/mol. The van der Waals surface area contributed by atoms with Gasteiger partial charge in [0.15, 0.2) is 33.5 Å². The van der Waals surface area contributed by atoms with Gasteiger partial charge in [0.25, 0.3) is 0 Å². The zero-order valence-electron chi connectivity index (χ0n) is 21.5. The highest BCUT2D eigenvalue weighted by Gasteiger charge is 2.37. The van der Waals surface area contributed by atoms with E-state index in [1.54, 1.807) is 25.3 Å². The standard InChI is InChI=1S/C28H23F5N4O2S2/c1-38-19-5-3-2-4-17(19)35-27(41)37-12-10-28(11-13-37)9-8-15-14-16(6-7-18(15)39-28)34-26(40)36-25-23(32)21(30)20(29)22(31)24(25)33/h2-9,14H,10-13H2,1H3,(H,35,41)(H2,34,36,40). The number of para-hydroxylation sites is 2. The van der Waals surface area contributed by atoms with E-state index < -0.39 is 40.4 Å². The van der Waals surface area contributed by atoms with Crippen molar-refractivity contribution in [3.8, 4) is 11.5 Å². The zero-order chi connectivity index (χ0) is 29.3. The van der Waals surface area contributed by atoms with Gasteiger partial charge in [-0.2, -0.15) is 0 Å². The molecule has 2 aliphatic rings. The van der Waals surface area contributed by atoms with Crippen LogP contribution < -0.4 is 25.4 Å². The Morgan fingerprint density at radius 3 is 2.22 bits per heavy atom. The molecule has 1 saturated heterocycles. The van der Waals surface area contributed by atoms with Gasteiger partial charge in [-0.3, -0.25) is 0 Å². The summed E-state index contributed by atoms with van der Waals surface area (Å²) in [6.07, 6.45) is 5.27. The second kappa shape index (κ2) is 11.5. The highest BCUT2D eigenvalue weighted by molar-refractivity contribution is 7.80. The summed E-state index contributed by atoms with van der Waals surface area (Å²) in [7, 11) is 1.60. The van der Waals surface area contributed by atoms with Crippen molar-refractivity contribution in [3.05, 3.63) is 83.2 Å². The summed E-state index contributed by atoms with van der Waals surface area (Å²) in [5.41, 5.74) is 0.161. The SMILES string of the molecule is COc1ccccc1NC(=S)N1CCC2(C=Cc3cc(NC(=S)Nc4c(F)c(F)c(F)c(F)c4F)ccc3O2)CC1. The van der Waals surface area contributed by atoms with Crippen LogP contribution >= 0.6 is 24.4 Å². The Morgan fingerprint density at radius 1 is 0.878 bits per heavy atom. The Kier molecular flexibility index (Phi) is 8.00. The van der Waals surface area contributed by atoms with Gasteiger partial charge < -0.3 is 30.3 Å². The van der Waals surface area contributed by atoms with Crippen molar-refractivity contribution in [1.29, 1.82) is 0 Å². The fourth-order valence-corrected chi connectivity index (χ4v) is 5.15. The minimum atomic E-state index is -2.25. The van der Waals surface area contributed by atoms with Gasteiger partial charge in [0, 0.05) is 37.2 Å². The van der Waals surface area contributed by atoms with Crippen molar-refractivity contribution in [2.45, 2.75) is 18.4 Å². The summed E-state index contributed by atoms with van der Waals surface area (Å²) in [5.74, 6) is -9.10. The van der Waals surface area contributed by atoms with Gasteiger partial charge in [-0.15, -0.1) is 0 Å². The van der Waals surface area contributed by atoms with Crippen LogP contribution in [0.25, 0.3) is 6.08 Å². The molecule has 0 saturated carbocycles. The van der Waals surface area contributed by atoms with Gasteiger partial charge in [-0.1, -0.05) is 18.2 Å². The van der Waals surface area contributed by atoms with Gasteiger partial charge in [0.05, 0.1) is 12.8 Å². The molecule has 1 spiro atoms. The fraction of sp³-hybridized carbons (Fsp3) is 0.214. The maximum absolute atomic E-state index is 14.0. The van der Waals surface area contributed by atoms with Crippen molar-refractivity contribution >= 4 is 57.8 Å². The Hall–Kier alpha value is -3.97. The largest absolute Gasteiger partial charge is 0.495 e. The number of piperidine rings is 1. The quantitative estimate of drug-likeness (QED) is 0.129. The first-order chi connectivity index (χ1) is 19.6. The number of ether oxygens (including phenoxy) is 2. The number of benzene rings is 3. The first-order valence-corrected chi connectivity index (χ1v) is 13.2. The predicted molar refractivity (Wildman–Crippen MR) is 155 cm³/mol. The molecule has 3 aromatic rings. The lowest BCUT2D eigenvalue weighted by atomic mass is 9.88.